The summed E-state index contributed by atoms with van der Waals surface area (Å²) in [6.45, 7) is 2.86. The van der Waals surface area contributed by atoms with Crippen LogP contribution in [-0.4, -0.2) is 49.4 Å². The van der Waals surface area contributed by atoms with Gasteiger partial charge in [-0.15, -0.1) is 24.0 Å². The average Bonchev–Trinajstić information content (AvgIpc) is 3.46. The molecule has 1 atom stereocenters. The van der Waals surface area contributed by atoms with E-state index in [4.69, 9.17) is 10.2 Å². The fraction of sp³-hybridized carbons (Fsp3) is 0.409. The van der Waals surface area contributed by atoms with Crippen LogP contribution in [0.25, 0.3) is 0 Å². The number of fused-ring (bicyclic) bond motifs is 1. The number of guanidine groups is 1. The molecule has 2 aliphatic rings. The van der Waals surface area contributed by atoms with Crippen molar-refractivity contribution in [3.8, 4) is 0 Å². The number of aliphatic imine (C=N–C) groups is 1. The van der Waals surface area contributed by atoms with Gasteiger partial charge in [0.05, 0.1) is 6.54 Å². The Balaban J connectivity index is 0.00000272. The lowest BCUT2D eigenvalue weighted by Gasteiger charge is -2.23. The van der Waals surface area contributed by atoms with E-state index in [0.29, 0.717) is 24.6 Å². The highest BCUT2D eigenvalue weighted by Crippen LogP contribution is 2.38. The topological polar surface area (TPSA) is 104 Å². The number of hydrogen-bond acceptors (Lipinski definition) is 4. The molecule has 2 aliphatic heterocycles. The molecule has 1 aromatic heterocycles. The molecule has 1 fully saturated rings. The zero-order valence-electron chi connectivity index (χ0n) is 17.5. The van der Waals surface area contributed by atoms with E-state index in [1.165, 1.54) is 5.56 Å². The minimum atomic E-state index is -0.585. The predicted molar refractivity (Wildman–Crippen MR) is 130 cm³/mol. The molecule has 166 valence electrons. The van der Waals surface area contributed by atoms with Gasteiger partial charge < -0.3 is 25.3 Å². The van der Waals surface area contributed by atoms with Crippen molar-refractivity contribution in [2.75, 3.05) is 31.6 Å². The fourth-order valence-electron chi connectivity index (χ4n) is 4.26. The molecule has 9 heteroatoms. The lowest BCUT2D eigenvalue weighted by molar-refractivity contribution is -0.127. The van der Waals surface area contributed by atoms with Crippen LogP contribution in [0.3, 0.4) is 0 Å². The second kappa shape index (κ2) is 10.2. The van der Waals surface area contributed by atoms with Crippen LogP contribution in [0.1, 0.15) is 47.1 Å². The van der Waals surface area contributed by atoms with E-state index in [2.05, 4.69) is 33.4 Å². The second-order valence-electron chi connectivity index (χ2n) is 7.67. The fourth-order valence-corrected chi connectivity index (χ4v) is 4.26. The number of primary amides is 1. The molecule has 4 rings (SSSR count). The third-order valence-corrected chi connectivity index (χ3v) is 5.78. The number of benzene rings is 1. The number of rotatable bonds is 6. The Morgan fingerprint density at radius 2 is 2.10 bits per heavy atom. The van der Waals surface area contributed by atoms with Gasteiger partial charge in [-0.3, -0.25) is 14.6 Å². The molecule has 2 amide bonds. The van der Waals surface area contributed by atoms with Crippen LogP contribution in [-0.2, 0) is 11.3 Å². The van der Waals surface area contributed by atoms with E-state index in [0.717, 1.165) is 44.1 Å². The van der Waals surface area contributed by atoms with Gasteiger partial charge in [-0.2, -0.15) is 0 Å². The van der Waals surface area contributed by atoms with Crippen LogP contribution in [0.15, 0.2) is 45.8 Å². The van der Waals surface area contributed by atoms with Crippen molar-refractivity contribution in [3.63, 3.8) is 0 Å². The van der Waals surface area contributed by atoms with E-state index in [1.54, 1.807) is 19.2 Å². The van der Waals surface area contributed by atoms with Gasteiger partial charge in [0.2, 0.25) is 5.91 Å². The van der Waals surface area contributed by atoms with Crippen LogP contribution < -0.4 is 16.0 Å². The number of halogens is 1. The lowest BCUT2D eigenvalue weighted by Crippen LogP contribution is -2.40. The largest absolute Gasteiger partial charge is 0.454 e. The van der Waals surface area contributed by atoms with E-state index >= 15 is 0 Å². The lowest BCUT2D eigenvalue weighted by atomic mass is 9.98. The van der Waals surface area contributed by atoms with Gasteiger partial charge in [-0.25, -0.2) is 0 Å². The van der Waals surface area contributed by atoms with Gasteiger partial charge in [0.15, 0.2) is 11.7 Å². The molecular formula is C22H28IN5O3. The molecule has 1 saturated heterocycles. The van der Waals surface area contributed by atoms with Crippen molar-refractivity contribution >= 4 is 47.4 Å². The number of furan rings is 1. The normalized spacial score (nSPS) is 18.2. The van der Waals surface area contributed by atoms with Gasteiger partial charge in [0, 0.05) is 44.7 Å². The summed E-state index contributed by atoms with van der Waals surface area (Å²) in [6, 6.07) is 11.6. The molecule has 0 aliphatic carbocycles. The number of carbonyl (C=O) groups is 2. The average molecular weight is 537 g/mol. The van der Waals surface area contributed by atoms with Crippen molar-refractivity contribution in [2.45, 2.75) is 31.7 Å². The summed E-state index contributed by atoms with van der Waals surface area (Å²) >= 11 is 0. The maximum atomic E-state index is 12.0. The summed E-state index contributed by atoms with van der Waals surface area (Å²) in [7, 11) is 1.75. The highest BCUT2D eigenvalue weighted by Gasteiger charge is 2.32. The zero-order chi connectivity index (χ0) is 21.1. The summed E-state index contributed by atoms with van der Waals surface area (Å²) in [6.07, 6.45) is 2.57. The van der Waals surface area contributed by atoms with Gasteiger partial charge in [-0.05, 0) is 36.6 Å². The Morgan fingerprint density at radius 3 is 2.77 bits per heavy atom. The van der Waals surface area contributed by atoms with Crippen molar-refractivity contribution in [3.05, 3.63) is 53.5 Å². The first kappa shape index (κ1) is 23.1. The maximum absolute atomic E-state index is 12.0. The summed E-state index contributed by atoms with van der Waals surface area (Å²) in [5, 5.41) is 3.31. The number of likely N-dealkylation sites (tertiary alicyclic amines) is 1. The van der Waals surface area contributed by atoms with Gasteiger partial charge in [-0.1, -0.05) is 18.2 Å². The molecule has 0 bridgehead atoms. The maximum Gasteiger partial charge on any atom is 0.284 e. The van der Waals surface area contributed by atoms with Crippen LogP contribution in [0, 0.1) is 0 Å². The van der Waals surface area contributed by atoms with Crippen molar-refractivity contribution in [2.24, 2.45) is 10.7 Å². The molecule has 0 saturated carbocycles. The molecule has 1 unspecified atom stereocenters. The zero-order valence-corrected chi connectivity index (χ0v) is 19.9. The first-order valence-electron chi connectivity index (χ1n) is 10.3. The highest BCUT2D eigenvalue weighted by molar-refractivity contribution is 14.0. The summed E-state index contributed by atoms with van der Waals surface area (Å²) in [4.78, 5) is 31.8. The van der Waals surface area contributed by atoms with Gasteiger partial charge >= 0.3 is 0 Å². The Morgan fingerprint density at radius 1 is 1.29 bits per heavy atom. The standard InChI is InChI=1S/C22H27N5O3.HI/c1-24-22(25-13-16-8-9-19(30-16)21(23)29)27-14-15(17-5-2-3-6-18(17)27)10-12-26-11-4-7-20(26)28;/h2-3,5-6,8-9,15H,4,7,10-14H2,1H3,(H2,23,29)(H,24,25);1H. The first-order chi connectivity index (χ1) is 14.6. The molecule has 8 nitrogen and oxygen atoms in total. The summed E-state index contributed by atoms with van der Waals surface area (Å²) < 4.78 is 5.45. The van der Waals surface area contributed by atoms with E-state index in [1.807, 2.05) is 11.0 Å². The molecule has 2 aromatic rings. The monoisotopic (exact) mass is 537 g/mol. The highest BCUT2D eigenvalue weighted by atomic mass is 127. The van der Waals surface area contributed by atoms with Crippen molar-refractivity contribution in [1.29, 1.82) is 0 Å². The number of amides is 2. The van der Waals surface area contributed by atoms with Gasteiger partial charge in [0.1, 0.15) is 5.76 Å². The van der Waals surface area contributed by atoms with Crippen molar-refractivity contribution in [1.82, 2.24) is 10.2 Å². The Bertz CT molecular complexity index is 974. The Hall–Kier alpha value is -2.56. The predicted octanol–water partition coefficient (Wildman–Crippen LogP) is 2.69. The summed E-state index contributed by atoms with van der Waals surface area (Å²) in [5.74, 6) is 1.51. The smallest absolute Gasteiger partial charge is 0.284 e. The molecule has 3 heterocycles. The van der Waals surface area contributed by atoms with Crippen LogP contribution in [0.4, 0.5) is 5.69 Å². The molecule has 0 spiro atoms. The molecule has 0 radical (unpaired) electrons. The third kappa shape index (κ3) is 5.03. The molecule has 1 aromatic carbocycles. The quantitative estimate of drug-likeness (QED) is 0.335. The minimum absolute atomic E-state index is 0. The SMILES string of the molecule is CN=C(NCc1ccc(C(N)=O)o1)N1CC(CCN2CCCC2=O)c2ccccc21.I. The van der Waals surface area contributed by atoms with E-state index in [9.17, 15) is 9.59 Å². The van der Waals surface area contributed by atoms with Crippen LogP contribution in [0.2, 0.25) is 0 Å². The Kier molecular flexibility index (Phi) is 7.58. The summed E-state index contributed by atoms with van der Waals surface area (Å²) in [5.41, 5.74) is 7.65. The minimum Gasteiger partial charge on any atom is -0.454 e. The van der Waals surface area contributed by atoms with E-state index < -0.39 is 5.91 Å². The number of hydrogen-bond donors (Lipinski definition) is 2. The number of nitrogens with one attached hydrogen (secondary N) is 1. The second-order valence-corrected chi connectivity index (χ2v) is 7.67. The number of para-hydroxylation sites is 1. The van der Waals surface area contributed by atoms with Crippen molar-refractivity contribution < 1.29 is 14.0 Å². The number of nitrogens with zero attached hydrogens (tertiary/aromatic N) is 3. The number of nitrogens with two attached hydrogens (primary N) is 1. The molecule has 31 heavy (non-hydrogen) atoms. The van der Waals surface area contributed by atoms with Crippen LogP contribution >= 0.6 is 24.0 Å². The first-order valence-corrected chi connectivity index (χ1v) is 10.3. The Labute approximate surface area is 198 Å². The van der Waals surface area contributed by atoms with E-state index in [-0.39, 0.29) is 35.6 Å². The number of anilines is 1. The molecular weight excluding hydrogens is 509 g/mol. The molecule has 3 N–H and O–H groups in total. The number of carbonyl (C=O) groups excluding carboxylic acids is 2. The van der Waals surface area contributed by atoms with Gasteiger partial charge in [0.25, 0.3) is 5.91 Å². The van der Waals surface area contributed by atoms with Crippen LogP contribution in [0.5, 0.6) is 0 Å². The third-order valence-electron chi connectivity index (χ3n) is 5.78.